The van der Waals surface area contributed by atoms with Crippen LogP contribution in [0.5, 0.6) is 11.5 Å². The smallest absolute Gasteiger partial charge is 0.339 e. The van der Waals surface area contributed by atoms with Crippen LogP contribution in [0.4, 0.5) is 0 Å². The molecular formula is C30H26N2O5. The highest BCUT2D eigenvalue weighted by Gasteiger charge is 2.49. The van der Waals surface area contributed by atoms with E-state index >= 15 is 0 Å². The third kappa shape index (κ3) is 3.34. The zero-order valence-electron chi connectivity index (χ0n) is 20.5. The Morgan fingerprint density at radius 2 is 1.65 bits per heavy atom. The minimum Gasteiger partial charge on any atom is -0.454 e. The van der Waals surface area contributed by atoms with Crippen LogP contribution in [0.1, 0.15) is 50.4 Å². The lowest BCUT2D eigenvalue weighted by Gasteiger charge is -2.38. The van der Waals surface area contributed by atoms with Crippen molar-refractivity contribution in [1.82, 2.24) is 9.47 Å². The minimum atomic E-state index is -0.736. The molecule has 186 valence electrons. The molecule has 4 heterocycles. The van der Waals surface area contributed by atoms with E-state index in [1.54, 1.807) is 6.07 Å². The summed E-state index contributed by atoms with van der Waals surface area (Å²) in [5.41, 5.74) is 4.58. The molecule has 0 radical (unpaired) electrons. The standard InChI is InChI=1S/C30H26N2O5/c1-19-27(21-9-5-6-10-24(21)32(19)17-20-7-3-2-4-8-20)28(33)31-13-11-30(12-14-31)23-16-26-25(35-18-36-26)15-22(23)29(34)37-30/h2-10,15-16H,11-14,17-18H2,1H3. The normalized spacial score (nSPS) is 17.3. The number of likely N-dealkylation sites (tertiary alicyclic amines) is 1. The Labute approximate surface area is 214 Å². The van der Waals surface area contributed by atoms with Crippen LogP contribution < -0.4 is 9.47 Å². The second-order valence-electron chi connectivity index (χ2n) is 9.98. The molecule has 3 aliphatic rings. The quantitative estimate of drug-likeness (QED) is 0.374. The van der Waals surface area contributed by atoms with Gasteiger partial charge in [-0.15, -0.1) is 0 Å². The van der Waals surface area contributed by atoms with Crippen LogP contribution in [0.15, 0.2) is 66.7 Å². The molecule has 7 rings (SSSR count). The predicted octanol–water partition coefficient (Wildman–Crippen LogP) is 5.03. The van der Waals surface area contributed by atoms with Crippen LogP contribution in [0.25, 0.3) is 10.9 Å². The van der Waals surface area contributed by atoms with E-state index in [4.69, 9.17) is 14.2 Å². The Balaban J connectivity index is 1.18. The van der Waals surface area contributed by atoms with Crippen molar-refractivity contribution in [2.75, 3.05) is 19.9 Å². The number of aromatic nitrogens is 1. The number of hydrogen-bond donors (Lipinski definition) is 0. The second-order valence-corrected chi connectivity index (χ2v) is 9.98. The van der Waals surface area contributed by atoms with Gasteiger partial charge in [0.1, 0.15) is 5.60 Å². The van der Waals surface area contributed by atoms with Crippen LogP contribution in [-0.2, 0) is 16.9 Å². The summed E-state index contributed by atoms with van der Waals surface area (Å²) in [6.07, 6.45) is 1.08. The van der Waals surface area contributed by atoms with Gasteiger partial charge in [-0.05, 0) is 30.7 Å². The molecule has 0 bridgehead atoms. The molecule has 1 saturated heterocycles. The summed E-state index contributed by atoms with van der Waals surface area (Å²) in [5.74, 6) is 0.887. The van der Waals surface area contributed by atoms with Gasteiger partial charge in [-0.25, -0.2) is 4.79 Å². The van der Waals surface area contributed by atoms with Crippen molar-refractivity contribution in [1.29, 1.82) is 0 Å². The van der Waals surface area contributed by atoms with Crippen molar-refractivity contribution >= 4 is 22.8 Å². The van der Waals surface area contributed by atoms with Gasteiger partial charge in [-0.1, -0.05) is 48.5 Å². The van der Waals surface area contributed by atoms with E-state index in [2.05, 4.69) is 22.8 Å². The Morgan fingerprint density at radius 3 is 2.43 bits per heavy atom. The first-order valence-corrected chi connectivity index (χ1v) is 12.6. The number of nitrogens with zero attached hydrogens (tertiary/aromatic N) is 2. The molecule has 0 unspecified atom stereocenters. The summed E-state index contributed by atoms with van der Waals surface area (Å²) in [4.78, 5) is 28.5. The summed E-state index contributed by atoms with van der Waals surface area (Å²) in [5, 5.41) is 0.964. The Morgan fingerprint density at radius 1 is 0.946 bits per heavy atom. The van der Waals surface area contributed by atoms with Gasteiger partial charge in [0.2, 0.25) is 6.79 Å². The molecule has 0 aliphatic carbocycles. The maximum Gasteiger partial charge on any atom is 0.339 e. The fourth-order valence-electron chi connectivity index (χ4n) is 6.05. The molecular weight excluding hydrogens is 468 g/mol. The SMILES string of the molecule is Cc1c(C(=O)N2CCC3(CC2)OC(=O)c2cc4c(cc23)OCO4)c2ccccc2n1Cc1ccccc1. The molecule has 4 aromatic rings. The first-order valence-electron chi connectivity index (χ1n) is 12.6. The third-order valence-corrected chi connectivity index (χ3v) is 8.00. The number of piperidine rings is 1. The number of para-hydroxylation sites is 1. The first kappa shape index (κ1) is 22.0. The molecule has 0 atom stereocenters. The van der Waals surface area contributed by atoms with E-state index in [0.29, 0.717) is 49.5 Å². The van der Waals surface area contributed by atoms with Gasteiger partial charge in [0.15, 0.2) is 11.5 Å². The third-order valence-electron chi connectivity index (χ3n) is 8.00. The van der Waals surface area contributed by atoms with E-state index in [0.717, 1.165) is 27.7 Å². The van der Waals surface area contributed by atoms with E-state index in [-0.39, 0.29) is 18.7 Å². The highest BCUT2D eigenvalue weighted by molar-refractivity contribution is 6.08. The molecule has 0 saturated carbocycles. The topological polar surface area (TPSA) is 70.0 Å². The molecule has 7 heteroatoms. The number of fused-ring (bicyclic) bond motifs is 4. The molecule has 1 aromatic heterocycles. The van der Waals surface area contributed by atoms with Crippen molar-refractivity contribution in [2.45, 2.75) is 31.9 Å². The van der Waals surface area contributed by atoms with Crippen molar-refractivity contribution in [3.8, 4) is 11.5 Å². The average molecular weight is 495 g/mol. The summed E-state index contributed by atoms with van der Waals surface area (Å²) in [7, 11) is 0. The molecule has 0 N–H and O–H groups in total. The van der Waals surface area contributed by atoms with Crippen molar-refractivity contribution < 1.29 is 23.8 Å². The number of amides is 1. The zero-order chi connectivity index (χ0) is 25.1. The van der Waals surface area contributed by atoms with E-state index < -0.39 is 5.60 Å². The van der Waals surface area contributed by atoms with E-state index in [9.17, 15) is 9.59 Å². The van der Waals surface area contributed by atoms with Gasteiger partial charge < -0.3 is 23.7 Å². The first-order chi connectivity index (χ1) is 18.0. The molecule has 1 amide bonds. The second kappa shape index (κ2) is 8.13. The van der Waals surface area contributed by atoms with Gasteiger partial charge >= 0.3 is 5.97 Å². The van der Waals surface area contributed by atoms with Crippen LogP contribution in [0, 0.1) is 6.92 Å². The highest BCUT2D eigenvalue weighted by atomic mass is 16.7. The van der Waals surface area contributed by atoms with Crippen LogP contribution in [0.3, 0.4) is 0 Å². The van der Waals surface area contributed by atoms with E-state index in [1.165, 1.54) is 5.56 Å². The zero-order valence-corrected chi connectivity index (χ0v) is 20.5. The van der Waals surface area contributed by atoms with Gasteiger partial charge in [0, 0.05) is 54.6 Å². The van der Waals surface area contributed by atoms with Gasteiger partial charge in [0.25, 0.3) is 5.91 Å². The number of rotatable bonds is 3. The summed E-state index contributed by atoms with van der Waals surface area (Å²) < 4.78 is 19.2. The van der Waals surface area contributed by atoms with Crippen LogP contribution >= 0.6 is 0 Å². The number of carbonyl (C=O) groups is 2. The summed E-state index contributed by atoms with van der Waals surface area (Å²) in [6.45, 7) is 3.88. The van der Waals surface area contributed by atoms with Gasteiger partial charge in [-0.3, -0.25) is 4.79 Å². The fourth-order valence-corrected chi connectivity index (χ4v) is 6.05. The largest absolute Gasteiger partial charge is 0.454 e. The Hall–Kier alpha value is -4.26. The summed E-state index contributed by atoms with van der Waals surface area (Å²) in [6, 6.07) is 22.0. The lowest BCUT2D eigenvalue weighted by Crippen LogP contribution is -2.45. The number of ether oxygens (including phenoxy) is 3. The average Bonchev–Trinajstić information content (AvgIpc) is 3.57. The number of benzene rings is 3. The number of carbonyl (C=O) groups excluding carboxylic acids is 2. The molecule has 1 fully saturated rings. The predicted molar refractivity (Wildman–Crippen MR) is 137 cm³/mol. The molecule has 3 aliphatic heterocycles. The Kier molecular flexibility index (Phi) is 4.83. The van der Waals surface area contributed by atoms with Crippen molar-refractivity contribution in [3.05, 3.63) is 94.7 Å². The lowest BCUT2D eigenvalue weighted by atomic mass is 9.83. The van der Waals surface area contributed by atoms with Crippen molar-refractivity contribution in [2.24, 2.45) is 0 Å². The monoisotopic (exact) mass is 494 g/mol. The fraction of sp³-hybridized carbons (Fsp3) is 0.267. The minimum absolute atomic E-state index is 0.0191. The van der Waals surface area contributed by atoms with Crippen molar-refractivity contribution in [3.63, 3.8) is 0 Å². The summed E-state index contributed by atoms with van der Waals surface area (Å²) >= 11 is 0. The van der Waals surface area contributed by atoms with Gasteiger partial charge in [-0.2, -0.15) is 0 Å². The molecule has 3 aromatic carbocycles. The maximum absolute atomic E-state index is 13.9. The lowest BCUT2D eigenvalue weighted by molar-refractivity contribution is -0.0390. The Bertz CT molecular complexity index is 1560. The van der Waals surface area contributed by atoms with E-state index in [1.807, 2.05) is 54.3 Å². The molecule has 7 nitrogen and oxygen atoms in total. The molecule has 1 spiro atoms. The van der Waals surface area contributed by atoms with Gasteiger partial charge in [0.05, 0.1) is 11.1 Å². The number of esters is 1. The maximum atomic E-state index is 13.9. The number of hydrogen-bond acceptors (Lipinski definition) is 5. The molecule has 37 heavy (non-hydrogen) atoms. The van der Waals surface area contributed by atoms with Crippen LogP contribution in [-0.4, -0.2) is 41.2 Å². The highest BCUT2D eigenvalue weighted by Crippen LogP contribution is 2.48. The van der Waals surface area contributed by atoms with Crippen LogP contribution in [0.2, 0.25) is 0 Å².